The van der Waals surface area contributed by atoms with Gasteiger partial charge in [0.1, 0.15) is 29.6 Å². The van der Waals surface area contributed by atoms with E-state index in [-0.39, 0.29) is 18.3 Å². The molecule has 2 aromatic heterocycles. The fourth-order valence-corrected chi connectivity index (χ4v) is 3.35. The summed E-state index contributed by atoms with van der Waals surface area (Å²) in [6.07, 6.45) is 4.95. The van der Waals surface area contributed by atoms with E-state index >= 15 is 0 Å². The summed E-state index contributed by atoms with van der Waals surface area (Å²) in [6, 6.07) is 6.32. The normalized spacial score (nSPS) is 18.1. The number of rotatable bonds is 0. The summed E-state index contributed by atoms with van der Waals surface area (Å²) in [4.78, 5) is 17.0. The highest BCUT2D eigenvalue weighted by Gasteiger charge is 2.47. The second kappa shape index (κ2) is 5.42. The maximum Gasteiger partial charge on any atom is 0.256 e. The Kier molecular flexibility index (Phi) is 3.15. The van der Waals surface area contributed by atoms with Crippen molar-refractivity contribution in [2.75, 3.05) is 18.5 Å². The van der Waals surface area contributed by atoms with E-state index < -0.39 is 5.54 Å². The molecular weight excluding hydrogens is 337 g/mol. The summed E-state index contributed by atoms with van der Waals surface area (Å²) in [5.41, 5.74) is 1.25. The van der Waals surface area contributed by atoms with Crippen molar-refractivity contribution in [3.8, 4) is 5.75 Å². The molecule has 1 aliphatic heterocycles. The Labute approximate surface area is 148 Å². The number of hydrogen-bond donors (Lipinski definition) is 2. The number of nitrogens with zero attached hydrogens (tertiary/aromatic N) is 3. The summed E-state index contributed by atoms with van der Waals surface area (Å²) in [5.74, 6) is 0.667. The lowest BCUT2D eigenvalue weighted by molar-refractivity contribution is 0.0948. The fourth-order valence-electron chi connectivity index (χ4n) is 3.35. The highest BCUT2D eigenvalue weighted by molar-refractivity contribution is 5.99. The van der Waals surface area contributed by atoms with Crippen molar-refractivity contribution in [1.29, 1.82) is 0 Å². The molecule has 2 N–H and O–H groups in total. The van der Waals surface area contributed by atoms with Crippen LogP contribution in [0.1, 0.15) is 28.8 Å². The molecule has 0 radical (unpaired) electrons. The molecule has 0 saturated heterocycles. The summed E-state index contributed by atoms with van der Waals surface area (Å²) in [6.45, 7) is 0.614. The lowest BCUT2D eigenvalue weighted by Crippen LogP contribution is -2.28. The maximum absolute atomic E-state index is 13.9. The fraction of sp³-hybridized carbons (Fsp3) is 0.278. The SMILES string of the molecule is O=C1NCCOc2ccc(F)cc2C2(CC2)Nc2ccn3ncc1c3n2. The van der Waals surface area contributed by atoms with Gasteiger partial charge in [-0.1, -0.05) is 0 Å². The van der Waals surface area contributed by atoms with E-state index in [1.165, 1.54) is 18.3 Å². The number of aromatic nitrogens is 3. The van der Waals surface area contributed by atoms with Crippen LogP contribution in [0, 0.1) is 5.82 Å². The van der Waals surface area contributed by atoms with Gasteiger partial charge in [0.25, 0.3) is 5.91 Å². The Balaban J connectivity index is 1.64. The van der Waals surface area contributed by atoms with Crippen LogP contribution in [0.15, 0.2) is 36.7 Å². The minimum Gasteiger partial charge on any atom is -0.491 e. The summed E-state index contributed by atoms with van der Waals surface area (Å²) in [7, 11) is 0. The molecule has 3 aromatic rings. The molecule has 1 aliphatic carbocycles. The van der Waals surface area contributed by atoms with Crippen molar-refractivity contribution in [2.24, 2.45) is 0 Å². The predicted molar refractivity (Wildman–Crippen MR) is 91.7 cm³/mol. The van der Waals surface area contributed by atoms with Gasteiger partial charge in [0, 0.05) is 11.8 Å². The van der Waals surface area contributed by atoms with E-state index in [0.29, 0.717) is 29.3 Å². The second-order valence-corrected chi connectivity index (χ2v) is 6.59. The molecule has 26 heavy (non-hydrogen) atoms. The number of halogens is 1. The molecule has 1 aromatic carbocycles. The van der Waals surface area contributed by atoms with Gasteiger partial charge in [0.05, 0.1) is 18.3 Å². The number of benzene rings is 1. The third kappa shape index (κ3) is 2.37. The number of carbonyl (C=O) groups is 1. The quantitative estimate of drug-likeness (QED) is 0.647. The van der Waals surface area contributed by atoms with Crippen molar-refractivity contribution in [1.82, 2.24) is 19.9 Å². The van der Waals surface area contributed by atoms with Gasteiger partial charge in [-0.05, 0) is 37.1 Å². The summed E-state index contributed by atoms with van der Waals surface area (Å²) in [5, 5.41) is 10.4. The van der Waals surface area contributed by atoms with Crippen molar-refractivity contribution in [3.05, 3.63) is 53.6 Å². The van der Waals surface area contributed by atoms with Crippen molar-refractivity contribution in [2.45, 2.75) is 18.4 Å². The molecule has 1 fully saturated rings. The molecule has 3 heterocycles. The molecule has 7 nitrogen and oxygen atoms in total. The van der Waals surface area contributed by atoms with Crippen molar-refractivity contribution >= 4 is 17.4 Å². The molecule has 0 unspecified atom stereocenters. The first-order valence-corrected chi connectivity index (χ1v) is 8.48. The molecule has 1 saturated carbocycles. The van der Waals surface area contributed by atoms with E-state index in [1.807, 2.05) is 0 Å². The number of fused-ring (bicyclic) bond motifs is 3. The van der Waals surface area contributed by atoms with Gasteiger partial charge in [-0.25, -0.2) is 13.9 Å². The Hall–Kier alpha value is -3.16. The van der Waals surface area contributed by atoms with Crippen molar-refractivity contribution in [3.63, 3.8) is 0 Å². The third-order valence-corrected chi connectivity index (χ3v) is 4.83. The smallest absolute Gasteiger partial charge is 0.256 e. The van der Waals surface area contributed by atoms with Gasteiger partial charge in [-0.3, -0.25) is 4.79 Å². The van der Waals surface area contributed by atoms with Gasteiger partial charge in [0.2, 0.25) is 0 Å². The van der Waals surface area contributed by atoms with Crippen LogP contribution in [0.5, 0.6) is 5.75 Å². The third-order valence-electron chi connectivity index (χ3n) is 4.83. The average molecular weight is 353 g/mol. The Bertz CT molecular complexity index is 1030. The molecule has 0 atom stereocenters. The van der Waals surface area contributed by atoms with Crippen LogP contribution in [-0.2, 0) is 5.54 Å². The Morgan fingerprint density at radius 1 is 1.27 bits per heavy atom. The molecule has 1 spiro atoms. The largest absolute Gasteiger partial charge is 0.491 e. The van der Waals surface area contributed by atoms with E-state index in [9.17, 15) is 9.18 Å². The van der Waals surface area contributed by atoms with Crippen LogP contribution >= 0.6 is 0 Å². The monoisotopic (exact) mass is 353 g/mol. The lowest BCUT2D eigenvalue weighted by atomic mass is 10.0. The molecule has 132 valence electrons. The first-order chi connectivity index (χ1) is 12.6. The highest BCUT2D eigenvalue weighted by Crippen LogP contribution is 2.51. The average Bonchev–Trinajstić information content (AvgIpc) is 3.28. The van der Waals surface area contributed by atoms with Gasteiger partial charge < -0.3 is 15.4 Å². The van der Waals surface area contributed by atoms with Crippen LogP contribution in [0.25, 0.3) is 5.65 Å². The molecule has 2 bridgehead atoms. The topological polar surface area (TPSA) is 80.5 Å². The second-order valence-electron chi connectivity index (χ2n) is 6.59. The lowest BCUT2D eigenvalue weighted by Gasteiger charge is -2.22. The van der Waals surface area contributed by atoms with Crippen LogP contribution in [0.2, 0.25) is 0 Å². The van der Waals surface area contributed by atoms with Crippen LogP contribution < -0.4 is 15.4 Å². The highest BCUT2D eigenvalue weighted by atomic mass is 19.1. The first kappa shape index (κ1) is 15.1. The van der Waals surface area contributed by atoms with Gasteiger partial charge >= 0.3 is 0 Å². The van der Waals surface area contributed by atoms with E-state index in [2.05, 4.69) is 20.7 Å². The van der Waals surface area contributed by atoms with Gasteiger partial charge in [0.15, 0.2) is 5.65 Å². The minimum atomic E-state index is -0.408. The van der Waals surface area contributed by atoms with Crippen molar-refractivity contribution < 1.29 is 13.9 Å². The minimum absolute atomic E-state index is 0.257. The number of hydrogen-bond acceptors (Lipinski definition) is 5. The van der Waals surface area contributed by atoms with E-state index in [4.69, 9.17) is 4.74 Å². The van der Waals surface area contributed by atoms with Gasteiger partial charge in [-0.15, -0.1) is 0 Å². The predicted octanol–water partition coefficient (Wildman–Crippen LogP) is 2.09. The Morgan fingerprint density at radius 2 is 2.15 bits per heavy atom. The standard InChI is InChI=1S/C18H16FN5O2/c19-11-1-2-14-13(9-11)18(4-5-18)23-15-3-7-24-16(22-15)12(10-21-24)17(25)20-6-8-26-14/h1-3,7,9-10H,4-6,8H2,(H,20,25)(H,22,23). The molecule has 8 heteroatoms. The Morgan fingerprint density at radius 3 is 3.00 bits per heavy atom. The first-order valence-electron chi connectivity index (χ1n) is 8.48. The van der Waals surface area contributed by atoms with Gasteiger partial charge in [-0.2, -0.15) is 5.10 Å². The van der Waals surface area contributed by atoms with Crippen LogP contribution in [0.4, 0.5) is 10.2 Å². The number of amides is 1. The summed E-state index contributed by atoms with van der Waals surface area (Å²) < 4.78 is 21.3. The van der Waals surface area contributed by atoms with Crippen LogP contribution in [-0.4, -0.2) is 33.7 Å². The number of carbonyl (C=O) groups excluding carboxylic acids is 1. The number of ether oxygens (including phenoxy) is 1. The number of anilines is 1. The zero-order valence-corrected chi connectivity index (χ0v) is 13.8. The molecular formula is C18H16FN5O2. The molecule has 1 amide bonds. The van der Waals surface area contributed by atoms with E-state index in [1.54, 1.807) is 22.8 Å². The molecule has 2 aliphatic rings. The number of nitrogens with one attached hydrogen (secondary N) is 2. The van der Waals surface area contributed by atoms with E-state index in [0.717, 1.165) is 18.4 Å². The zero-order chi connectivity index (χ0) is 17.7. The maximum atomic E-state index is 13.9. The van der Waals surface area contributed by atoms with Crippen LogP contribution in [0.3, 0.4) is 0 Å². The zero-order valence-electron chi connectivity index (χ0n) is 13.8. The molecule has 5 rings (SSSR count). The summed E-state index contributed by atoms with van der Waals surface area (Å²) >= 11 is 0.